The zero-order valence-corrected chi connectivity index (χ0v) is 12.8. The van der Waals surface area contributed by atoms with Gasteiger partial charge in [-0.15, -0.1) is 0 Å². The van der Waals surface area contributed by atoms with Crippen LogP contribution in [0, 0.1) is 0 Å². The lowest BCUT2D eigenvalue weighted by Crippen LogP contribution is -2.53. The Hall–Kier alpha value is -0.650. The normalized spacial score (nSPS) is 37.9. The Morgan fingerprint density at radius 1 is 1.29 bits per heavy atom. The van der Waals surface area contributed by atoms with Gasteiger partial charge in [-0.1, -0.05) is 6.42 Å². The lowest BCUT2D eigenvalue weighted by Gasteiger charge is -2.47. The summed E-state index contributed by atoms with van der Waals surface area (Å²) < 4.78 is 11.6. The quantitative estimate of drug-likeness (QED) is 0.860. The van der Waals surface area contributed by atoms with E-state index in [9.17, 15) is 4.79 Å². The minimum atomic E-state index is -0.673. The summed E-state index contributed by atoms with van der Waals surface area (Å²) in [5.41, 5.74) is -0.0578. The summed E-state index contributed by atoms with van der Waals surface area (Å²) in [6.45, 7) is 3.48. The first kappa shape index (κ1) is 15.3. The van der Waals surface area contributed by atoms with Gasteiger partial charge in [0, 0.05) is 38.1 Å². The molecule has 3 atom stereocenters. The van der Waals surface area contributed by atoms with E-state index in [0.29, 0.717) is 18.5 Å². The Labute approximate surface area is 126 Å². The number of nitrogens with zero attached hydrogens (tertiary/aromatic N) is 1. The van der Waals surface area contributed by atoms with Crippen molar-refractivity contribution in [1.82, 2.24) is 4.90 Å². The van der Waals surface area contributed by atoms with Gasteiger partial charge in [0.15, 0.2) is 0 Å². The maximum absolute atomic E-state index is 10.9. The van der Waals surface area contributed by atoms with Crippen molar-refractivity contribution in [2.75, 3.05) is 26.4 Å². The standard InChI is InChI=1S/C16H27NO4/c18-15(19)5-4-13-3-1-2-8-17(13)14-6-9-21-16(11-14)7-10-20-12-16/h13-14H,1-12H2,(H,18,19). The second kappa shape index (κ2) is 6.63. The Kier molecular flexibility index (Phi) is 4.82. The highest BCUT2D eigenvalue weighted by molar-refractivity contribution is 5.66. The minimum absolute atomic E-state index is 0.0578. The molecule has 3 fully saturated rings. The number of carboxylic acids is 1. The lowest BCUT2D eigenvalue weighted by molar-refractivity contribution is -0.138. The third kappa shape index (κ3) is 3.58. The average molecular weight is 297 g/mol. The fraction of sp³-hybridized carbons (Fsp3) is 0.938. The summed E-state index contributed by atoms with van der Waals surface area (Å²) in [6.07, 6.45) is 7.84. The van der Waals surface area contributed by atoms with Gasteiger partial charge in [0.25, 0.3) is 0 Å². The van der Waals surface area contributed by atoms with E-state index < -0.39 is 5.97 Å². The molecule has 0 aromatic rings. The third-order valence-electron chi connectivity index (χ3n) is 5.37. The number of carbonyl (C=O) groups is 1. The number of likely N-dealkylation sites (tertiary alicyclic amines) is 1. The van der Waals surface area contributed by atoms with Crippen molar-refractivity contribution in [2.45, 2.75) is 69.1 Å². The van der Waals surface area contributed by atoms with Gasteiger partial charge in [-0.05, 0) is 38.6 Å². The monoisotopic (exact) mass is 297 g/mol. The van der Waals surface area contributed by atoms with Crippen molar-refractivity contribution in [2.24, 2.45) is 0 Å². The van der Waals surface area contributed by atoms with Gasteiger partial charge in [0.1, 0.15) is 0 Å². The van der Waals surface area contributed by atoms with Crippen LogP contribution in [0.15, 0.2) is 0 Å². The van der Waals surface area contributed by atoms with Crippen LogP contribution in [-0.4, -0.2) is 60.0 Å². The van der Waals surface area contributed by atoms with Crippen molar-refractivity contribution < 1.29 is 19.4 Å². The van der Waals surface area contributed by atoms with Gasteiger partial charge in [-0.2, -0.15) is 0 Å². The van der Waals surface area contributed by atoms with E-state index in [2.05, 4.69) is 4.90 Å². The molecule has 0 aliphatic carbocycles. The molecule has 0 saturated carbocycles. The van der Waals surface area contributed by atoms with E-state index in [0.717, 1.165) is 58.5 Å². The molecule has 0 bridgehead atoms. The molecule has 0 radical (unpaired) electrons. The first-order chi connectivity index (χ1) is 10.2. The van der Waals surface area contributed by atoms with Gasteiger partial charge >= 0.3 is 5.97 Å². The molecule has 3 saturated heterocycles. The minimum Gasteiger partial charge on any atom is -0.481 e. The fourth-order valence-corrected chi connectivity index (χ4v) is 4.25. The number of rotatable bonds is 4. The van der Waals surface area contributed by atoms with Crippen LogP contribution in [0.4, 0.5) is 0 Å². The molecule has 3 aliphatic heterocycles. The van der Waals surface area contributed by atoms with Crippen molar-refractivity contribution in [3.8, 4) is 0 Å². The van der Waals surface area contributed by atoms with Crippen LogP contribution >= 0.6 is 0 Å². The molecule has 120 valence electrons. The van der Waals surface area contributed by atoms with Crippen molar-refractivity contribution >= 4 is 5.97 Å². The Balaban J connectivity index is 1.63. The lowest BCUT2D eigenvalue weighted by atomic mass is 9.86. The van der Waals surface area contributed by atoms with E-state index in [1.165, 1.54) is 12.8 Å². The summed E-state index contributed by atoms with van der Waals surface area (Å²) in [4.78, 5) is 13.5. The predicted octanol–water partition coefficient (Wildman–Crippen LogP) is 2.04. The van der Waals surface area contributed by atoms with E-state index in [1.807, 2.05) is 0 Å². The molecule has 5 heteroatoms. The first-order valence-electron chi connectivity index (χ1n) is 8.38. The molecule has 0 amide bonds. The van der Waals surface area contributed by atoms with Crippen LogP contribution < -0.4 is 0 Å². The molecule has 3 aliphatic rings. The van der Waals surface area contributed by atoms with Crippen LogP contribution in [0.1, 0.15) is 51.4 Å². The topological polar surface area (TPSA) is 59.0 Å². The summed E-state index contributed by atoms with van der Waals surface area (Å²) in [5.74, 6) is -0.673. The number of carboxylic acid groups (broad SMARTS) is 1. The Morgan fingerprint density at radius 3 is 2.95 bits per heavy atom. The molecule has 3 heterocycles. The van der Waals surface area contributed by atoms with Crippen molar-refractivity contribution in [3.05, 3.63) is 0 Å². The molecule has 0 aromatic carbocycles. The predicted molar refractivity (Wildman–Crippen MR) is 78.4 cm³/mol. The molecule has 1 spiro atoms. The summed E-state index contributed by atoms with van der Waals surface area (Å²) in [6, 6.07) is 0.983. The second-order valence-corrected chi connectivity index (χ2v) is 6.80. The first-order valence-corrected chi connectivity index (χ1v) is 8.38. The van der Waals surface area contributed by atoms with E-state index in [4.69, 9.17) is 14.6 Å². The molecule has 21 heavy (non-hydrogen) atoms. The summed E-state index contributed by atoms with van der Waals surface area (Å²) >= 11 is 0. The highest BCUT2D eigenvalue weighted by atomic mass is 16.6. The summed E-state index contributed by atoms with van der Waals surface area (Å²) in [7, 11) is 0. The van der Waals surface area contributed by atoms with E-state index in [1.54, 1.807) is 0 Å². The third-order valence-corrected chi connectivity index (χ3v) is 5.37. The van der Waals surface area contributed by atoms with Gasteiger partial charge in [0.05, 0.1) is 12.2 Å². The maximum atomic E-state index is 10.9. The Morgan fingerprint density at radius 2 is 2.19 bits per heavy atom. The van der Waals surface area contributed by atoms with Gasteiger partial charge in [-0.25, -0.2) is 0 Å². The smallest absolute Gasteiger partial charge is 0.303 e. The number of piperidine rings is 1. The van der Waals surface area contributed by atoms with Gasteiger partial charge < -0.3 is 14.6 Å². The van der Waals surface area contributed by atoms with E-state index in [-0.39, 0.29) is 5.60 Å². The number of ether oxygens (including phenoxy) is 2. The number of aliphatic carboxylic acids is 1. The van der Waals surface area contributed by atoms with Crippen LogP contribution in [0.2, 0.25) is 0 Å². The van der Waals surface area contributed by atoms with Gasteiger partial charge in [0.2, 0.25) is 0 Å². The zero-order chi connectivity index (χ0) is 14.7. The molecular formula is C16H27NO4. The highest BCUT2D eigenvalue weighted by Gasteiger charge is 2.43. The Bertz CT molecular complexity index is 367. The number of hydrogen-bond donors (Lipinski definition) is 1. The van der Waals surface area contributed by atoms with E-state index >= 15 is 0 Å². The molecule has 5 nitrogen and oxygen atoms in total. The molecule has 0 aromatic heterocycles. The molecule has 3 unspecified atom stereocenters. The highest BCUT2D eigenvalue weighted by Crippen LogP contribution is 2.37. The molecular weight excluding hydrogens is 270 g/mol. The van der Waals surface area contributed by atoms with Crippen LogP contribution in [0.5, 0.6) is 0 Å². The summed E-state index contributed by atoms with van der Waals surface area (Å²) in [5, 5.41) is 8.95. The van der Waals surface area contributed by atoms with Gasteiger partial charge in [-0.3, -0.25) is 9.69 Å². The molecule has 1 N–H and O–H groups in total. The van der Waals surface area contributed by atoms with Crippen molar-refractivity contribution in [1.29, 1.82) is 0 Å². The average Bonchev–Trinajstić information content (AvgIpc) is 2.93. The maximum Gasteiger partial charge on any atom is 0.303 e. The second-order valence-electron chi connectivity index (χ2n) is 6.80. The fourth-order valence-electron chi connectivity index (χ4n) is 4.25. The molecule has 3 rings (SSSR count). The van der Waals surface area contributed by atoms with Crippen molar-refractivity contribution in [3.63, 3.8) is 0 Å². The zero-order valence-electron chi connectivity index (χ0n) is 12.8. The largest absolute Gasteiger partial charge is 0.481 e. The number of hydrogen-bond acceptors (Lipinski definition) is 4. The SMILES string of the molecule is O=C(O)CCC1CCCCN1C1CCOC2(CCOC2)C1. The van der Waals surface area contributed by atoms with Crippen LogP contribution in [0.25, 0.3) is 0 Å². The van der Waals surface area contributed by atoms with Crippen LogP contribution in [0.3, 0.4) is 0 Å². The van der Waals surface area contributed by atoms with Crippen LogP contribution in [-0.2, 0) is 14.3 Å².